The van der Waals surface area contributed by atoms with Crippen molar-refractivity contribution in [1.29, 1.82) is 0 Å². The minimum atomic E-state index is -1.29. The molecule has 2 rings (SSSR count). The summed E-state index contributed by atoms with van der Waals surface area (Å²) in [7, 11) is 0. The standard InChI is InChI=1S/C18H30N2O8S/c1-10-14(24)15(25)16(26)18(28-10)29-9-7-19-17(27)11-4-3-8-20(11)12(21)5-2-6-13(22)23/h10-11,14-16,18,24-26H,2-9H2,1H3,(H,19,27)(H,22,23)/t10?,11?,14-,15?,16?,18+/m1/s1. The molecule has 0 saturated carbocycles. The van der Waals surface area contributed by atoms with Crippen LogP contribution in [-0.4, -0.2) is 97.8 Å². The molecule has 2 aliphatic heterocycles. The number of ether oxygens (including phenoxy) is 1. The van der Waals surface area contributed by atoms with Gasteiger partial charge in [-0.25, -0.2) is 0 Å². The number of amides is 2. The van der Waals surface area contributed by atoms with Crippen LogP contribution >= 0.6 is 11.8 Å². The van der Waals surface area contributed by atoms with Gasteiger partial charge in [-0.15, -0.1) is 11.8 Å². The van der Waals surface area contributed by atoms with E-state index in [4.69, 9.17) is 9.84 Å². The van der Waals surface area contributed by atoms with Crippen LogP contribution in [0.4, 0.5) is 0 Å². The molecule has 4 unspecified atom stereocenters. The zero-order chi connectivity index (χ0) is 21.6. The summed E-state index contributed by atoms with van der Waals surface area (Å²) in [5.41, 5.74) is -0.709. The van der Waals surface area contributed by atoms with Crippen LogP contribution in [0.2, 0.25) is 0 Å². The summed E-state index contributed by atoms with van der Waals surface area (Å²) < 4.78 is 5.49. The van der Waals surface area contributed by atoms with Crippen LogP contribution in [0.3, 0.4) is 0 Å². The lowest BCUT2D eigenvalue weighted by Crippen LogP contribution is -2.55. The van der Waals surface area contributed by atoms with Gasteiger partial charge >= 0.3 is 5.97 Å². The third-order valence-electron chi connectivity index (χ3n) is 5.15. The highest BCUT2D eigenvalue weighted by atomic mass is 32.2. The van der Waals surface area contributed by atoms with Gasteiger partial charge in [-0.2, -0.15) is 0 Å². The number of carbonyl (C=O) groups excluding carboxylic acids is 2. The van der Waals surface area contributed by atoms with Gasteiger partial charge < -0.3 is 35.4 Å². The molecule has 29 heavy (non-hydrogen) atoms. The van der Waals surface area contributed by atoms with Crippen LogP contribution in [-0.2, 0) is 19.1 Å². The van der Waals surface area contributed by atoms with Gasteiger partial charge in [0.25, 0.3) is 0 Å². The Hall–Kier alpha value is -1.40. The molecule has 0 aromatic rings. The summed E-state index contributed by atoms with van der Waals surface area (Å²) in [4.78, 5) is 36.8. The van der Waals surface area contributed by atoms with E-state index in [1.165, 1.54) is 16.7 Å². The number of rotatable bonds is 9. The van der Waals surface area contributed by atoms with E-state index >= 15 is 0 Å². The van der Waals surface area contributed by atoms with Crippen molar-refractivity contribution in [3.05, 3.63) is 0 Å². The van der Waals surface area contributed by atoms with Gasteiger partial charge in [0.2, 0.25) is 11.8 Å². The van der Waals surface area contributed by atoms with Gasteiger partial charge in [-0.05, 0) is 26.2 Å². The maximum absolute atomic E-state index is 12.4. The number of hydrogen-bond donors (Lipinski definition) is 5. The average Bonchev–Trinajstić information content (AvgIpc) is 3.16. The Bertz CT molecular complexity index is 592. The summed E-state index contributed by atoms with van der Waals surface area (Å²) in [5.74, 6) is -1.00. The first-order valence-electron chi connectivity index (χ1n) is 9.82. The summed E-state index contributed by atoms with van der Waals surface area (Å²) in [6.07, 6.45) is -2.71. The minimum absolute atomic E-state index is 0.0763. The molecule has 0 aromatic carbocycles. The first kappa shape index (κ1) is 23.9. The number of carboxylic acid groups (broad SMARTS) is 1. The number of carbonyl (C=O) groups is 3. The molecule has 0 spiro atoms. The predicted octanol–water partition coefficient (Wildman–Crippen LogP) is -1.09. The van der Waals surface area contributed by atoms with Crippen molar-refractivity contribution in [2.75, 3.05) is 18.8 Å². The number of hydrogen-bond acceptors (Lipinski definition) is 8. The lowest BCUT2D eigenvalue weighted by Gasteiger charge is -2.39. The first-order chi connectivity index (χ1) is 13.7. The van der Waals surface area contributed by atoms with Crippen LogP contribution < -0.4 is 5.32 Å². The van der Waals surface area contributed by atoms with Crippen molar-refractivity contribution in [2.24, 2.45) is 0 Å². The van der Waals surface area contributed by atoms with Crippen molar-refractivity contribution in [2.45, 2.75) is 74.9 Å². The third kappa shape index (κ3) is 6.54. The van der Waals surface area contributed by atoms with Crippen LogP contribution in [0.5, 0.6) is 0 Å². The van der Waals surface area contributed by atoms with E-state index in [1.54, 1.807) is 6.92 Å². The summed E-state index contributed by atoms with van der Waals surface area (Å²) >= 11 is 1.23. The van der Waals surface area contributed by atoms with Gasteiger partial charge in [0.15, 0.2) is 0 Å². The second-order valence-electron chi connectivity index (χ2n) is 7.34. The number of carboxylic acids is 1. The molecule has 11 heteroatoms. The number of aliphatic hydroxyl groups excluding tert-OH is 3. The van der Waals surface area contributed by atoms with Crippen LogP contribution in [0.15, 0.2) is 0 Å². The van der Waals surface area contributed by atoms with Gasteiger partial charge in [0.1, 0.15) is 29.8 Å². The zero-order valence-electron chi connectivity index (χ0n) is 16.4. The molecule has 10 nitrogen and oxygen atoms in total. The van der Waals surface area contributed by atoms with Crippen molar-refractivity contribution >= 4 is 29.5 Å². The predicted molar refractivity (Wildman–Crippen MR) is 104 cm³/mol. The molecule has 2 heterocycles. The highest BCUT2D eigenvalue weighted by Gasteiger charge is 2.41. The molecule has 0 radical (unpaired) electrons. The Morgan fingerprint density at radius 2 is 1.86 bits per heavy atom. The van der Waals surface area contributed by atoms with Crippen LogP contribution in [0.25, 0.3) is 0 Å². The topological polar surface area (TPSA) is 157 Å². The van der Waals surface area contributed by atoms with Crippen LogP contribution in [0, 0.1) is 0 Å². The molecule has 2 saturated heterocycles. The molecule has 0 aliphatic carbocycles. The smallest absolute Gasteiger partial charge is 0.303 e. The Balaban J connectivity index is 1.72. The van der Waals surface area contributed by atoms with E-state index in [-0.39, 0.29) is 31.1 Å². The number of thioether (sulfide) groups is 1. The Kier molecular flexibility index (Phi) is 9.15. The first-order valence-corrected chi connectivity index (χ1v) is 10.9. The van der Waals surface area contributed by atoms with E-state index in [0.717, 1.165) is 6.42 Å². The maximum atomic E-state index is 12.4. The summed E-state index contributed by atoms with van der Waals surface area (Å²) in [5, 5.41) is 40.9. The Labute approximate surface area is 173 Å². The van der Waals surface area contributed by atoms with Gasteiger partial charge in [-0.1, -0.05) is 0 Å². The quantitative estimate of drug-likeness (QED) is 0.284. The average molecular weight is 435 g/mol. The molecule has 0 aromatic heterocycles. The summed E-state index contributed by atoms with van der Waals surface area (Å²) in [6, 6.07) is -0.550. The van der Waals surface area contributed by atoms with Gasteiger partial charge in [-0.3, -0.25) is 14.4 Å². The number of aliphatic carboxylic acids is 1. The van der Waals surface area contributed by atoms with Crippen molar-refractivity contribution < 1.29 is 39.5 Å². The number of nitrogens with one attached hydrogen (secondary N) is 1. The van der Waals surface area contributed by atoms with Gasteiger partial charge in [0.05, 0.1) is 6.10 Å². The zero-order valence-corrected chi connectivity index (χ0v) is 17.2. The van der Waals surface area contributed by atoms with E-state index < -0.39 is 41.9 Å². The van der Waals surface area contributed by atoms with Crippen molar-refractivity contribution in [3.63, 3.8) is 0 Å². The molecule has 5 N–H and O–H groups in total. The second kappa shape index (κ2) is 11.1. The van der Waals surface area contributed by atoms with Gasteiger partial charge in [0, 0.05) is 31.7 Å². The molecule has 0 bridgehead atoms. The normalized spacial score (nSPS) is 32.2. The fourth-order valence-corrected chi connectivity index (χ4v) is 4.55. The highest BCUT2D eigenvalue weighted by molar-refractivity contribution is 7.99. The molecule has 166 valence electrons. The summed E-state index contributed by atoms with van der Waals surface area (Å²) in [6.45, 7) is 2.39. The highest BCUT2D eigenvalue weighted by Crippen LogP contribution is 2.28. The van der Waals surface area contributed by atoms with Crippen molar-refractivity contribution in [1.82, 2.24) is 10.2 Å². The SMILES string of the molecule is CC1O[C@@H](SCCNC(=O)C2CCCN2C(=O)CCCC(=O)O)C(O)C(O)[C@@H]1O. The fraction of sp³-hybridized carbons (Fsp3) is 0.833. The lowest BCUT2D eigenvalue weighted by atomic mass is 10.0. The second-order valence-corrected chi connectivity index (χ2v) is 8.54. The van der Waals surface area contributed by atoms with E-state index in [0.29, 0.717) is 25.3 Å². The minimum Gasteiger partial charge on any atom is -0.481 e. The lowest BCUT2D eigenvalue weighted by molar-refractivity contribution is -0.192. The Morgan fingerprint density at radius 3 is 2.55 bits per heavy atom. The molecule has 2 amide bonds. The molecule has 2 aliphatic rings. The number of nitrogens with zero attached hydrogens (tertiary/aromatic N) is 1. The van der Waals surface area contributed by atoms with E-state index in [1.807, 2.05) is 0 Å². The molecular formula is C18H30N2O8S. The largest absolute Gasteiger partial charge is 0.481 e. The number of likely N-dealkylation sites (tertiary alicyclic amines) is 1. The van der Waals surface area contributed by atoms with E-state index in [9.17, 15) is 29.7 Å². The molecular weight excluding hydrogens is 404 g/mol. The van der Waals surface area contributed by atoms with E-state index in [2.05, 4.69) is 5.32 Å². The maximum Gasteiger partial charge on any atom is 0.303 e. The molecule has 6 atom stereocenters. The van der Waals surface area contributed by atoms with Crippen molar-refractivity contribution in [3.8, 4) is 0 Å². The third-order valence-corrected chi connectivity index (χ3v) is 6.31. The molecule has 2 fully saturated rings. The Morgan fingerprint density at radius 1 is 1.14 bits per heavy atom. The van der Waals surface area contributed by atoms with Crippen LogP contribution in [0.1, 0.15) is 39.0 Å². The fourth-order valence-electron chi connectivity index (χ4n) is 3.49. The monoisotopic (exact) mass is 434 g/mol. The number of aliphatic hydroxyl groups is 3.